The number of benzene rings is 2. The Morgan fingerprint density at radius 2 is 1.45 bits per heavy atom. The standard InChI is InChI=1S/C35H53N3O4/c1-11-12-13-14-15-19-38(33(40)29(23(2)3)37-34(41)42-35(8,9)10)31(28-21-24(4)20-25(5)22-28)32(39)36-30-26(6)17-16-18-27(30)7/h16-18,20-23,29,31H,11-15,19H2,1-10H3,(H,36,39)(H,37,41). The number of rotatable bonds is 13. The van der Waals surface area contributed by atoms with Crippen LogP contribution >= 0.6 is 0 Å². The van der Waals surface area contributed by atoms with Gasteiger partial charge in [-0.05, 0) is 77.5 Å². The summed E-state index contributed by atoms with van der Waals surface area (Å²) in [5.41, 5.74) is 4.71. The van der Waals surface area contributed by atoms with Gasteiger partial charge in [-0.25, -0.2) is 4.79 Å². The molecule has 2 atom stereocenters. The first-order chi connectivity index (χ1) is 19.6. The molecule has 3 amide bonds. The largest absolute Gasteiger partial charge is 0.444 e. The molecule has 2 aromatic rings. The topological polar surface area (TPSA) is 87.7 Å². The molecule has 2 rings (SSSR count). The summed E-state index contributed by atoms with van der Waals surface area (Å²) in [6.07, 6.45) is 4.34. The Bertz CT molecular complexity index is 1170. The van der Waals surface area contributed by atoms with E-state index in [0.717, 1.165) is 65.6 Å². The van der Waals surface area contributed by atoms with E-state index in [9.17, 15) is 14.4 Å². The molecule has 0 bridgehead atoms. The van der Waals surface area contributed by atoms with E-state index >= 15 is 0 Å². The molecule has 0 saturated carbocycles. The Kier molecular flexibility index (Phi) is 13.1. The van der Waals surface area contributed by atoms with Crippen LogP contribution in [0.4, 0.5) is 10.5 Å². The van der Waals surface area contributed by atoms with Crippen LogP contribution in [0.1, 0.15) is 108 Å². The van der Waals surface area contributed by atoms with Crippen molar-refractivity contribution < 1.29 is 19.1 Å². The molecule has 232 valence electrons. The molecule has 0 radical (unpaired) electrons. The van der Waals surface area contributed by atoms with Gasteiger partial charge in [0.05, 0.1) is 0 Å². The molecule has 0 fully saturated rings. The number of ether oxygens (including phenoxy) is 1. The van der Waals surface area contributed by atoms with Crippen molar-refractivity contribution in [3.8, 4) is 0 Å². The molecule has 0 aliphatic heterocycles. The number of unbranched alkanes of at least 4 members (excludes halogenated alkanes) is 4. The van der Waals surface area contributed by atoms with Gasteiger partial charge in [0, 0.05) is 12.2 Å². The maximum absolute atomic E-state index is 14.5. The van der Waals surface area contributed by atoms with Crippen molar-refractivity contribution in [1.29, 1.82) is 0 Å². The summed E-state index contributed by atoms with van der Waals surface area (Å²) in [5.74, 6) is -0.805. The van der Waals surface area contributed by atoms with E-state index in [2.05, 4.69) is 23.6 Å². The van der Waals surface area contributed by atoms with Crippen molar-refractivity contribution in [2.24, 2.45) is 5.92 Å². The van der Waals surface area contributed by atoms with Crippen LogP contribution in [0.25, 0.3) is 0 Å². The zero-order valence-corrected chi connectivity index (χ0v) is 27.5. The van der Waals surface area contributed by atoms with Crippen LogP contribution in [0.3, 0.4) is 0 Å². The Balaban J connectivity index is 2.61. The maximum Gasteiger partial charge on any atom is 0.408 e. The quantitative estimate of drug-likeness (QED) is 0.236. The number of nitrogens with zero attached hydrogens (tertiary/aromatic N) is 1. The number of hydrogen-bond donors (Lipinski definition) is 2. The van der Waals surface area contributed by atoms with E-state index in [1.165, 1.54) is 0 Å². The Labute approximate surface area is 253 Å². The molecular formula is C35H53N3O4. The molecule has 2 aromatic carbocycles. The third kappa shape index (κ3) is 10.5. The molecule has 0 heterocycles. The number of aryl methyl sites for hydroxylation is 4. The highest BCUT2D eigenvalue weighted by molar-refractivity contribution is 6.00. The van der Waals surface area contributed by atoms with E-state index in [-0.39, 0.29) is 17.7 Å². The van der Waals surface area contributed by atoms with E-state index in [1.54, 1.807) is 25.7 Å². The molecule has 2 N–H and O–H groups in total. The summed E-state index contributed by atoms with van der Waals surface area (Å²) in [6.45, 7) is 19.6. The summed E-state index contributed by atoms with van der Waals surface area (Å²) in [4.78, 5) is 43.3. The number of alkyl carbamates (subject to hydrolysis) is 1. The molecular weight excluding hydrogens is 526 g/mol. The first-order valence-electron chi connectivity index (χ1n) is 15.4. The normalized spacial score (nSPS) is 12.9. The van der Waals surface area contributed by atoms with Crippen molar-refractivity contribution in [3.05, 3.63) is 64.2 Å². The second-order valence-electron chi connectivity index (χ2n) is 12.9. The van der Waals surface area contributed by atoms with E-state index in [1.807, 2.05) is 71.9 Å². The lowest BCUT2D eigenvalue weighted by atomic mass is 9.96. The van der Waals surface area contributed by atoms with Gasteiger partial charge in [0.1, 0.15) is 17.7 Å². The molecule has 7 heteroatoms. The summed E-state index contributed by atoms with van der Waals surface area (Å²) in [7, 11) is 0. The van der Waals surface area contributed by atoms with Gasteiger partial charge in [-0.3, -0.25) is 9.59 Å². The third-order valence-electron chi connectivity index (χ3n) is 7.24. The zero-order valence-electron chi connectivity index (χ0n) is 27.5. The minimum Gasteiger partial charge on any atom is -0.444 e. The fourth-order valence-corrected chi connectivity index (χ4v) is 5.22. The molecule has 0 aliphatic rings. The lowest BCUT2D eigenvalue weighted by Gasteiger charge is -2.36. The minimum absolute atomic E-state index is 0.228. The third-order valence-corrected chi connectivity index (χ3v) is 7.24. The molecule has 7 nitrogen and oxygen atoms in total. The van der Waals surface area contributed by atoms with Crippen molar-refractivity contribution in [2.75, 3.05) is 11.9 Å². The monoisotopic (exact) mass is 579 g/mol. The predicted molar refractivity (Wildman–Crippen MR) is 172 cm³/mol. The van der Waals surface area contributed by atoms with Gasteiger partial charge in [0.15, 0.2) is 0 Å². The van der Waals surface area contributed by atoms with Crippen LogP contribution in [0.2, 0.25) is 0 Å². The van der Waals surface area contributed by atoms with Gasteiger partial charge in [0.25, 0.3) is 5.91 Å². The van der Waals surface area contributed by atoms with Gasteiger partial charge >= 0.3 is 6.09 Å². The highest BCUT2D eigenvalue weighted by Gasteiger charge is 2.37. The first-order valence-corrected chi connectivity index (χ1v) is 15.4. The van der Waals surface area contributed by atoms with Crippen LogP contribution in [0, 0.1) is 33.6 Å². The number of amides is 3. The molecule has 0 aromatic heterocycles. The van der Waals surface area contributed by atoms with Crippen LogP contribution in [-0.2, 0) is 14.3 Å². The van der Waals surface area contributed by atoms with Crippen molar-refractivity contribution in [1.82, 2.24) is 10.2 Å². The van der Waals surface area contributed by atoms with Crippen LogP contribution in [0.5, 0.6) is 0 Å². The fraction of sp³-hybridized carbons (Fsp3) is 0.571. The molecule has 0 saturated heterocycles. The molecule has 0 aliphatic carbocycles. The SMILES string of the molecule is CCCCCCCN(C(=O)C(NC(=O)OC(C)(C)C)C(C)C)C(C(=O)Nc1c(C)cccc1C)c1cc(C)cc(C)c1. The van der Waals surface area contributed by atoms with Crippen molar-refractivity contribution >= 4 is 23.6 Å². The lowest BCUT2D eigenvalue weighted by molar-refractivity contribution is -0.141. The predicted octanol–water partition coefficient (Wildman–Crippen LogP) is 7.95. The van der Waals surface area contributed by atoms with Crippen LogP contribution in [-0.4, -0.2) is 41.0 Å². The Morgan fingerprint density at radius 1 is 0.881 bits per heavy atom. The average Bonchev–Trinajstić information content (AvgIpc) is 2.86. The van der Waals surface area contributed by atoms with E-state index in [4.69, 9.17) is 4.74 Å². The van der Waals surface area contributed by atoms with Gasteiger partial charge in [-0.1, -0.05) is 94.0 Å². The van der Waals surface area contributed by atoms with Gasteiger partial charge in [0.2, 0.25) is 5.91 Å². The van der Waals surface area contributed by atoms with Gasteiger partial charge in [-0.15, -0.1) is 0 Å². The van der Waals surface area contributed by atoms with Gasteiger partial charge < -0.3 is 20.3 Å². The molecule has 2 unspecified atom stereocenters. The summed E-state index contributed by atoms with van der Waals surface area (Å²) in [5, 5.41) is 5.97. The maximum atomic E-state index is 14.5. The van der Waals surface area contributed by atoms with Crippen molar-refractivity contribution in [2.45, 2.75) is 119 Å². The van der Waals surface area contributed by atoms with E-state index in [0.29, 0.717) is 6.54 Å². The number of anilines is 1. The second-order valence-corrected chi connectivity index (χ2v) is 12.9. The lowest BCUT2D eigenvalue weighted by Crippen LogP contribution is -2.54. The average molecular weight is 580 g/mol. The first kappa shape index (κ1) is 34.8. The number of para-hydroxylation sites is 1. The number of nitrogens with one attached hydrogen (secondary N) is 2. The second kappa shape index (κ2) is 15.8. The summed E-state index contributed by atoms with van der Waals surface area (Å²) < 4.78 is 5.50. The Morgan fingerprint density at radius 3 is 1.98 bits per heavy atom. The minimum atomic E-state index is -0.886. The van der Waals surface area contributed by atoms with Crippen LogP contribution < -0.4 is 10.6 Å². The highest BCUT2D eigenvalue weighted by Crippen LogP contribution is 2.29. The van der Waals surface area contributed by atoms with Crippen molar-refractivity contribution in [3.63, 3.8) is 0 Å². The highest BCUT2D eigenvalue weighted by atomic mass is 16.6. The van der Waals surface area contributed by atoms with E-state index < -0.39 is 23.8 Å². The molecule has 0 spiro atoms. The number of hydrogen-bond acceptors (Lipinski definition) is 4. The van der Waals surface area contributed by atoms with Crippen LogP contribution in [0.15, 0.2) is 36.4 Å². The van der Waals surface area contributed by atoms with Gasteiger partial charge in [-0.2, -0.15) is 0 Å². The summed E-state index contributed by atoms with van der Waals surface area (Å²) >= 11 is 0. The smallest absolute Gasteiger partial charge is 0.408 e. The number of carbonyl (C=O) groups is 3. The molecule has 42 heavy (non-hydrogen) atoms. The fourth-order valence-electron chi connectivity index (χ4n) is 5.22. The number of carbonyl (C=O) groups excluding carboxylic acids is 3. The Hall–Kier alpha value is -3.35. The summed E-state index contributed by atoms with van der Waals surface area (Å²) in [6, 6.07) is 10.1. The zero-order chi connectivity index (χ0) is 31.6.